The number of nitrogens with one attached hydrogen (secondary N) is 1. The van der Waals surface area contributed by atoms with E-state index in [4.69, 9.17) is 5.11 Å². The summed E-state index contributed by atoms with van der Waals surface area (Å²) in [5, 5.41) is 14.0. The van der Waals surface area contributed by atoms with E-state index < -0.39 is 11.9 Å². The Hall–Kier alpha value is -1.43. The minimum absolute atomic E-state index is 0.183. The summed E-state index contributed by atoms with van der Waals surface area (Å²) < 4.78 is 0. The number of aliphatic carboxylic acids is 1. The number of carboxylic acid groups (broad SMARTS) is 1. The fourth-order valence-corrected chi connectivity index (χ4v) is 1.95. The van der Waals surface area contributed by atoms with Crippen LogP contribution in [0.4, 0.5) is 0 Å². The Morgan fingerprint density at radius 2 is 2.40 bits per heavy atom. The summed E-state index contributed by atoms with van der Waals surface area (Å²) in [6.45, 7) is 0.388. The van der Waals surface area contributed by atoms with Crippen molar-refractivity contribution in [2.75, 3.05) is 0 Å². The summed E-state index contributed by atoms with van der Waals surface area (Å²) in [4.78, 5) is 25.9. The summed E-state index contributed by atoms with van der Waals surface area (Å²) in [5.74, 6) is -1.90. The van der Waals surface area contributed by atoms with Gasteiger partial charge in [-0.2, -0.15) is 0 Å². The number of carbonyl (C=O) groups excluding carboxylic acids is 1. The number of aromatic nitrogens is 1. The third-order valence-corrected chi connectivity index (χ3v) is 3.12. The van der Waals surface area contributed by atoms with Gasteiger partial charge in [-0.1, -0.05) is 0 Å². The number of carbonyl (C=O) groups is 2. The molecule has 15 heavy (non-hydrogen) atoms. The van der Waals surface area contributed by atoms with E-state index in [1.54, 1.807) is 6.20 Å². The van der Waals surface area contributed by atoms with E-state index in [1.165, 1.54) is 11.3 Å². The van der Waals surface area contributed by atoms with Crippen LogP contribution in [0, 0.1) is 11.8 Å². The van der Waals surface area contributed by atoms with Crippen molar-refractivity contribution < 1.29 is 14.7 Å². The molecule has 1 saturated carbocycles. The first-order valence-electron chi connectivity index (χ1n) is 4.57. The molecular weight excluding hydrogens is 216 g/mol. The topological polar surface area (TPSA) is 79.3 Å². The largest absolute Gasteiger partial charge is 0.481 e. The van der Waals surface area contributed by atoms with E-state index in [2.05, 4.69) is 10.3 Å². The van der Waals surface area contributed by atoms with Crippen LogP contribution in [0.5, 0.6) is 0 Å². The molecule has 2 unspecified atom stereocenters. The lowest BCUT2D eigenvalue weighted by Crippen LogP contribution is -2.25. The van der Waals surface area contributed by atoms with Gasteiger partial charge in [0.05, 0.1) is 18.4 Å². The molecule has 6 heteroatoms. The van der Waals surface area contributed by atoms with Gasteiger partial charge in [-0.3, -0.25) is 9.59 Å². The molecule has 80 valence electrons. The smallest absolute Gasteiger partial charge is 0.307 e. The molecule has 2 atom stereocenters. The third kappa shape index (κ3) is 2.33. The number of hydrogen-bond donors (Lipinski definition) is 2. The molecule has 0 saturated heterocycles. The molecule has 0 spiro atoms. The molecule has 1 fully saturated rings. The fourth-order valence-electron chi connectivity index (χ4n) is 1.39. The maximum Gasteiger partial charge on any atom is 0.307 e. The fraction of sp³-hybridized carbons (Fsp3) is 0.444. The van der Waals surface area contributed by atoms with Crippen molar-refractivity contribution in [3.05, 3.63) is 16.6 Å². The predicted octanol–water partition coefficient (Wildman–Crippen LogP) is 0.480. The van der Waals surface area contributed by atoms with E-state index in [9.17, 15) is 9.59 Å². The standard InChI is InChI=1S/C9H10N2O3S/c12-8(5-3-6(5)9(13)14)11-4-7-10-1-2-15-7/h1-2,5-6H,3-4H2,(H,11,12)(H,13,14). The molecule has 1 aromatic heterocycles. The van der Waals surface area contributed by atoms with Gasteiger partial charge in [-0.15, -0.1) is 11.3 Å². The molecular formula is C9H10N2O3S. The number of hydrogen-bond acceptors (Lipinski definition) is 4. The van der Waals surface area contributed by atoms with E-state index in [0.717, 1.165) is 5.01 Å². The highest BCUT2D eigenvalue weighted by Gasteiger charge is 2.48. The van der Waals surface area contributed by atoms with E-state index >= 15 is 0 Å². The quantitative estimate of drug-likeness (QED) is 0.782. The zero-order chi connectivity index (χ0) is 10.8. The molecule has 1 aliphatic rings. The lowest BCUT2D eigenvalue weighted by atomic mass is 10.3. The number of nitrogens with zero attached hydrogens (tertiary/aromatic N) is 1. The molecule has 0 aliphatic heterocycles. The molecule has 5 nitrogen and oxygen atoms in total. The summed E-state index contributed by atoms with van der Waals surface area (Å²) in [6, 6.07) is 0. The molecule has 2 rings (SSSR count). The van der Waals surface area contributed by atoms with Gasteiger partial charge < -0.3 is 10.4 Å². The predicted molar refractivity (Wildman–Crippen MR) is 53.2 cm³/mol. The molecule has 2 N–H and O–H groups in total. The molecule has 1 aliphatic carbocycles. The molecule has 0 radical (unpaired) electrons. The van der Waals surface area contributed by atoms with Gasteiger partial charge in [-0.25, -0.2) is 4.98 Å². The third-order valence-electron chi connectivity index (χ3n) is 2.34. The molecule has 1 amide bonds. The van der Waals surface area contributed by atoms with Crippen molar-refractivity contribution in [1.29, 1.82) is 0 Å². The first-order valence-corrected chi connectivity index (χ1v) is 5.45. The van der Waals surface area contributed by atoms with Gasteiger partial charge in [0, 0.05) is 11.6 Å². The van der Waals surface area contributed by atoms with Crippen LogP contribution in [0.25, 0.3) is 0 Å². The second-order valence-corrected chi connectivity index (χ2v) is 4.41. The number of amides is 1. The summed E-state index contributed by atoms with van der Waals surface area (Å²) >= 11 is 1.46. The van der Waals surface area contributed by atoms with Gasteiger partial charge in [0.15, 0.2) is 0 Å². The zero-order valence-corrected chi connectivity index (χ0v) is 8.66. The minimum Gasteiger partial charge on any atom is -0.481 e. The van der Waals surface area contributed by atoms with Crippen LogP contribution in [0.15, 0.2) is 11.6 Å². The van der Waals surface area contributed by atoms with Crippen molar-refractivity contribution >= 4 is 23.2 Å². The minimum atomic E-state index is -0.885. The first kappa shape index (κ1) is 10.1. The molecule has 0 aromatic carbocycles. The van der Waals surface area contributed by atoms with Crippen molar-refractivity contribution in [1.82, 2.24) is 10.3 Å². The van der Waals surface area contributed by atoms with E-state index in [0.29, 0.717) is 13.0 Å². The number of rotatable bonds is 4. The zero-order valence-electron chi connectivity index (χ0n) is 7.84. The Balaban J connectivity index is 1.77. The number of carboxylic acids is 1. The van der Waals surface area contributed by atoms with Crippen molar-refractivity contribution in [2.24, 2.45) is 11.8 Å². The Bertz CT molecular complexity index is 377. The molecule has 1 aromatic rings. The molecule has 0 bridgehead atoms. The lowest BCUT2D eigenvalue weighted by Gasteiger charge is -2.00. The van der Waals surface area contributed by atoms with Crippen LogP contribution in [-0.4, -0.2) is 22.0 Å². The Labute approximate surface area is 90.1 Å². The van der Waals surface area contributed by atoms with Crippen LogP contribution in [-0.2, 0) is 16.1 Å². The highest BCUT2D eigenvalue weighted by atomic mass is 32.1. The van der Waals surface area contributed by atoms with Gasteiger partial charge in [-0.05, 0) is 6.42 Å². The summed E-state index contributed by atoms with van der Waals surface area (Å²) in [6.07, 6.45) is 2.13. The Morgan fingerprint density at radius 1 is 1.60 bits per heavy atom. The van der Waals surface area contributed by atoms with Crippen LogP contribution in [0.3, 0.4) is 0 Å². The molecule has 1 heterocycles. The maximum absolute atomic E-state index is 11.4. The summed E-state index contributed by atoms with van der Waals surface area (Å²) in [5.41, 5.74) is 0. The van der Waals surface area contributed by atoms with Crippen molar-refractivity contribution in [2.45, 2.75) is 13.0 Å². The SMILES string of the molecule is O=C(O)C1CC1C(=O)NCc1nccs1. The summed E-state index contributed by atoms with van der Waals surface area (Å²) in [7, 11) is 0. The van der Waals surface area contributed by atoms with Crippen molar-refractivity contribution in [3.8, 4) is 0 Å². The van der Waals surface area contributed by atoms with Gasteiger partial charge in [0.25, 0.3) is 0 Å². The second-order valence-electron chi connectivity index (χ2n) is 3.43. The monoisotopic (exact) mass is 226 g/mol. The van der Waals surface area contributed by atoms with Crippen molar-refractivity contribution in [3.63, 3.8) is 0 Å². The average molecular weight is 226 g/mol. The van der Waals surface area contributed by atoms with E-state index in [1.807, 2.05) is 5.38 Å². The average Bonchev–Trinajstić information content (AvgIpc) is 2.85. The number of thiazole rings is 1. The van der Waals surface area contributed by atoms with Crippen LogP contribution >= 0.6 is 11.3 Å². The van der Waals surface area contributed by atoms with Crippen LogP contribution in [0.1, 0.15) is 11.4 Å². The highest BCUT2D eigenvalue weighted by molar-refractivity contribution is 7.09. The van der Waals surface area contributed by atoms with Crippen LogP contribution in [0.2, 0.25) is 0 Å². The van der Waals surface area contributed by atoms with Crippen LogP contribution < -0.4 is 5.32 Å². The Kier molecular flexibility index (Phi) is 2.68. The van der Waals surface area contributed by atoms with E-state index in [-0.39, 0.29) is 11.8 Å². The highest BCUT2D eigenvalue weighted by Crippen LogP contribution is 2.38. The maximum atomic E-state index is 11.4. The second kappa shape index (κ2) is 3.98. The Morgan fingerprint density at radius 3 is 2.93 bits per heavy atom. The van der Waals surface area contributed by atoms with Gasteiger partial charge in [0.1, 0.15) is 5.01 Å². The van der Waals surface area contributed by atoms with Gasteiger partial charge in [0.2, 0.25) is 5.91 Å². The normalized spacial score (nSPS) is 23.5. The lowest BCUT2D eigenvalue weighted by molar-refractivity contribution is -0.140. The first-order chi connectivity index (χ1) is 7.18. The van der Waals surface area contributed by atoms with Gasteiger partial charge >= 0.3 is 5.97 Å².